The van der Waals surface area contributed by atoms with Crippen molar-refractivity contribution >= 4 is 15.9 Å². The highest BCUT2D eigenvalue weighted by molar-refractivity contribution is 9.09. The summed E-state index contributed by atoms with van der Waals surface area (Å²) >= 11 is 3.54. The van der Waals surface area contributed by atoms with E-state index in [1.54, 1.807) is 14.2 Å². The molecule has 0 spiro atoms. The molecular weight excluding hydrogens is 232 g/mol. The van der Waals surface area contributed by atoms with Crippen molar-refractivity contribution in [3.8, 4) is 0 Å². The van der Waals surface area contributed by atoms with E-state index < -0.39 is 0 Å². The molecule has 1 aliphatic carbocycles. The maximum absolute atomic E-state index is 5.46. The van der Waals surface area contributed by atoms with Gasteiger partial charge in [0, 0.05) is 19.5 Å². The smallest absolute Gasteiger partial charge is 0.0858 e. The molecule has 0 bridgehead atoms. The Morgan fingerprint density at radius 3 is 2.38 bits per heavy atom. The molecule has 0 heterocycles. The molecule has 13 heavy (non-hydrogen) atoms. The molecule has 4 unspecified atom stereocenters. The molecule has 0 aliphatic heterocycles. The van der Waals surface area contributed by atoms with Crippen LogP contribution in [0.15, 0.2) is 0 Å². The van der Waals surface area contributed by atoms with Gasteiger partial charge in [0.05, 0.1) is 12.2 Å². The van der Waals surface area contributed by atoms with Crippen LogP contribution in [-0.4, -0.2) is 31.8 Å². The predicted molar refractivity (Wildman–Crippen MR) is 57.3 cm³/mol. The molecule has 0 N–H and O–H groups in total. The standard InChI is InChI=1S/C10H19BrO2/c1-7-4-8(6-11)5-9(12-2)10(7)13-3/h7-10H,4-6H2,1-3H3. The Morgan fingerprint density at radius 2 is 1.92 bits per heavy atom. The van der Waals surface area contributed by atoms with Crippen molar-refractivity contribution in [1.82, 2.24) is 0 Å². The average molecular weight is 251 g/mol. The number of rotatable bonds is 3. The van der Waals surface area contributed by atoms with Crippen molar-refractivity contribution in [2.45, 2.75) is 32.0 Å². The lowest BCUT2D eigenvalue weighted by atomic mass is 9.79. The first kappa shape index (κ1) is 11.5. The van der Waals surface area contributed by atoms with E-state index in [-0.39, 0.29) is 12.2 Å². The molecule has 0 radical (unpaired) electrons. The molecule has 0 aromatic heterocycles. The van der Waals surface area contributed by atoms with Crippen LogP contribution in [0, 0.1) is 11.8 Å². The number of methoxy groups -OCH3 is 2. The van der Waals surface area contributed by atoms with E-state index in [0.29, 0.717) is 5.92 Å². The molecule has 3 heteroatoms. The molecule has 0 saturated heterocycles. The van der Waals surface area contributed by atoms with Crippen LogP contribution in [0.3, 0.4) is 0 Å². The fraction of sp³-hybridized carbons (Fsp3) is 1.00. The van der Waals surface area contributed by atoms with Crippen molar-refractivity contribution in [3.63, 3.8) is 0 Å². The fourth-order valence-corrected chi connectivity index (χ4v) is 2.85. The van der Waals surface area contributed by atoms with E-state index in [2.05, 4.69) is 22.9 Å². The van der Waals surface area contributed by atoms with Gasteiger partial charge in [-0.3, -0.25) is 0 Å². The molecule has 0 amide bonds. The zero-order valence-corrected chi connectivity index (χ0v) is 10.2. The molecule has 4 atom stereocenters. The highest BCUT2D eigenvalue weighted by Crippen LogP contribution is 2.33. The maximum atomic E-state index is 5.46. The van der Waals surface area contributed by atoms with Gasteiger partial charge in [0.2, 0.25) is 0 Å². The van der Waals surface area contributed by atoms with Gasteiger partial charge in [-0.1, -0.05) is 22.9 Å². The van der Waals surface area contributed by atoms with E-state index >= 15 is 0 Å². The molecule has 1 saturated carbocycles. The molecule has 1 rings (SSSR count). The molecule has 78 valence electrons. The number of halogens is 1. The van der Waals surface area contributed by atoms with E-state index in [1.807, 2.05) is 0 Å². The van der Waals surface area contributed by atoms with Crippen LogP contribution in [-0.2, 0) is 9.47 Å². The third-order valence-electron chi connectivity index (χ3n) is 2.99. The quantitative estimate of drug-likeness (QED) is 0.717. The van der Waals surface area contributed by atoms with Gasteiger partial charge in [0.25, 0.3) is 0 Å². The highest BCUT2D eigenvalue weighted by atomic mass is 79.9. The number of alkyl halides is 1. The van der Waals surface area contributed by atoms with Crippen molar-refractivity contribution < 1.29 is 9.47 Å². The van der Waals surface area contributed by atoms with Gasteiger partial charge in [-0.25, -0.2) is 0 Å². The highest BCUT2D eigenvalue weighted by Gasteiger charge is 2.35. The normalized spacial score (nSPS) is 40.6. The Bertz CT molecular complexity index is 152. The van der Waals surface area contributed by atoms with Crippen LogP contribution < -0.4 is 0 Å². The van der Waals surface area contributed by atoms with E-state index in [0.717, 1.165) is 17.7 Å². The van der Waals surface area contributed by atoms with Crippen LogP contribution in [0.1, 0.15) is 19.8 Å². The van der Waals surface area contributed by atoms with E-state index in [1.165, 1.54) is 6.42 Å². The number of hydrogen-bond acceptors (Lipinski definition) is 2. The van der Waals surface area contributed by atoms with Crippen LogP contribution in [0.25, 0.3) is 0 Å². The minimum atomic E-state index is 0.274. The maximum Gasteiger partial charge on any atom is 0.0858 e. The summed E-state index contributed by atoms with van der Waals surface area (Å²) in [5, 5.41) is 1.08. The number of ether oxygens (including phenoxy) is 2. The SMILES string of the molecule is COC1CC(CBr)CC(C)C1OC. The van der Waals surface area contributed by atoms with E-state index in [4.69, 9.17) is 9.47 Å². The second-order valence-electron chi connectivity index (χ2n) is 3.94. The van der Waals surface area contributed by atoms with Crippen LogP contribution in [0.4, 0.5) is 0 Å². The van der Waals surface area contributed by atoms with Gasteiger partial charge < -0.3 is 9.47 Å². The summed E-state index contributed by atoms with van der Waals surface area (Å²) in [7, 11) is 3.56. The Kier molecular flexibility index (Phi) is 4.70. The molecule has 0 aromatic carbocycles. The van der Waals surface area contributed by atoms with Crippen molar-refractivity contribution in [1.29, 1.82) is 0 Å². The van der Waals surface area contributed by atoms with Gasteiger partial charge in [0.15, 0.2) is 0 Å². The van der Waals surface area contributed by atoms with Crippen LogP contribution in [0.5, 0.6) is 0 Å². The zero-order valence-electron chi connectivity index (χ0n) is 8.63. The summed E-state index contributed by atoms with van der Waals surface area (Å²) in [6.07, 6.45) is 2.91. The lowest BCUT2D eigenvalue weighted by Gasteiger charge is -2.38. The molecule has 2 nitrogen and oxygen atoms in total. The van der Waals surface area contributed by atoms with Gasteiger partial charge in [-0.05, 0) is 24.7 Å². The molecule has 1 fully saturated rings. The van der Waals surface area contributed by atoms with Gasteiger partial charge in [-0.2, -0.15) is 0 Å². The average Bonchev–Trinajstić information content (AvgIpc) is 2.16. The topological polar surface area (TPSA) is 18.5 Å². The van der Waals surface area contributed by atoms with Gasteiger partial charge in [0.1, 0.15) is 0 Å². The lowest BCUT2D eigenvalue weighted by molar-refractivity contribution is -0.0933. The summed E-state index contributed by atoms with van der Waals surface area (Å²) in [6, 6.07) is 0. The Hall–Kier alpha value is 0.400. The summed E-state index contributed by atoms with van der Waals surface area (Å²) < 4.78 is 10.9. The van der Waals surface area contributed by atoms with Crippen LogP contribution >= 0.6 is 15.9 Å². The molecular formula is C10H19BrO2. The predicted octanol–water partition coefficient (Wildman–Crippen LogP) is 2.46. The Labute approximate surface area is 89.1 Å². The third kappa shape index (κ3) is 2.67. The Balaban J connectivity index is 2.57. The Morgan fingerprint density at radius 1 is 1.23 bits per heavy atom. The third-order valence-corrected chi connectivity index (χ3v) is 3.91. The summed E-state index contributed by atoms with van der Waals surface area (Å²) in [6.45, 7) is 2.25. The second kappa shape index (κ2) is 5.32. The van der Waals surface area contributed by atoms with Crippen molar-refractivity contribution in [3.05, 3.63) is 0 Å². The summed E-state index contributed by atoms with van der Waals surface area (Å²) in [5.41, 5.74) is 0. The first-order chi connectivity index (χ1) is 6.22. The van der Waals surface area contributed by atoms with Crippen LogP contribution in [0.2, 0.25) is 0 Å². The monoisotopic (exact) mass is 250 g/mol. The van der Waals surface area contributed by atoms with Gasteiger partial charge >= 0.3 is 0 Å². The van der Waals surface area contributed by atoms with Crippen molar-refractivity contribution in [2.75, 3.05) is 19.5 Å². The fourth-order valence-electron chi connectivity index (χ4n) is 2.33. The molecule has 0 aromatic rings. The first-order valence-corrected chi connectivity index (χ1v) is 5.96. The summed E-state index contributed by atoms with van der Waals surface area (Å²) in [5.74, 6) is 1.34. The zero-order chi connectivity index (χ0) is 9.84. The van der Waals surface area contributed by atoms with Crippen molar-refractivity contribution in [2.24, 2.45) is 11.8 Å². The minimum absolute atomic E-state index is 0.274. The largest absolute Gasteiger partial charge is 0.379 e. The summed E-state index contributed by atoms with van der Waals surface area (Å²) in [4.78, 5) is 0. The second-order valence-corrected chi connectivity index (χ2v) is 4.59. The number of hydrogen-bond donors (Lipinski definition) is 0. The first-order valence-electron chi connectivity index (χ1n) is 4.84. The van der Waals surface area contributed by atoms with Gasteiger partial charge in [-0.15, -0.1) is 0 Å². The lowest BCUT2D eigenvalue weighted by Crippen LogP contribution is -2.42. The minimum Gasteiger partial charge on any atom is -0.379 e. The molecule has 1 aliphatic rings. The van der Waals surface area contributed by atoms with E-state index in [9.17, 15) is 0 Å².